The van der Waals surface area contributed by atoms with E-state index in [0.717, 1.165) is 29.8 Å². The molecule has 2 aromatic rings. The average Bonchev–Trinajstić information content (AvgIpc) is 3.15. The van der Waals surface area contributed by atoms with E-state index in [-0.39, 0.29) is 24.4 Å². The van der Waals surface area contributed by atoms with Crippen LogP contribution < -0.4 is 9.47 Å². The molecule has 0 bridgehead atoms. The lowest BCUT2D eigenvalue weighted by Crippen LogP contribution is -2.25. The van der Waals surface area contributed by atoms with Crippen LogP contribution >= 0.6 is 0 Å². The van der Waals surface area contributed by atoms with Crippen LogP contribution in [-0.4, -0.2) is 37.7 Å². The molecule has 4 aliphatic rings. The van der Waals surface area contributed by atoms with Crippen molar-refractivity contribution in [1.82, 2.24) is 4.90 Å². The zero-order valence-corrected chi connectivity index (χ0v) is 19.6. The van der Waals surface area contributed by atoms with E-state index in [2.05, 4.69) is 4.90 Å². The number of likely N-dealkylation sites (tertiary alicyclic amines) is 1. The summed E-state index contributed by atoms with van der Waals surface area (Å²) < 4.78 is 58.5. The highest BCUT2D eigenvalue weighted by atomic mass is 19.4. The van der Waals surface area contributed by atoms with E-state index in [0.29, 0.717) is 54.9 Å². The fourth-order valence-corrected chi connectivity index (χ4v) is 6.10. The van der Waals surface area contributed by atoms with Gasteiger partial charge in [-0.15, -0.1) is 0 Å². The summed E-state index contributed by atoms with van der Waals surface area (Å²) in [6, 6.07) is 8.38. The van der Waals surface area contributed by atoms with Gasteiger partial charge in [0.2, 0.25) is 0 Å². The summed E-state index contributed by atoms with van der Waals surface area (Å²) in [7, 11) is 1.37. The van der Waals surface area contributed by atoms with E-state index in [1.54, 1.807) is 6.07 Å². The van der Waals surface area contributed by atoms with Gasteiger partial charge in [0.1, 0.15) is 17.6 Å². The number of carbonyl (C=O) groups is 1. The van der Waals surface area contributed by atoms with Crippen LogP contribution in [0.1, 0.15) is 59.1 Å². The van der Waals surface area contributed by atoms with E-state index < -0.39 is 11.7 Å². The van der Waals surface area contributed by atoms with Crippen molar-refractivity contribution in [2.24, 2.45) is 11.8 Å². The third-order valence-corrected chi connectivity index (χ3v) is 8.00. The smallest absolute Gasteiger partial charge is 0.416 e. The summed E-state index contributed by atoms with van der Waals surface area (Å²) in [5.74, 6) is 2.29. The Morgan fingerprint density at radius 3 is 2.66 bits per heavy atom. The van der Waals surface area contributed by atoms with E-state index in [1.165, 1.54) is 19.6 Å². The Labute approximate surface area is 202 Å². The van der Waals surface area contributed by atoms with Crippen molar-refractivity contribution in [3.63, 3.8) is 0 Å². The van der Waals surface area contributed by atoms with Crippen LogP contribution in [0.5, 0.6) is 11.5 Å². The van der Waals surface area contributed by atoms with Crippen LogP contribution in [0.4, 0.5) is 13.2 Å². The van der Waals surface area contributed by atoms with Crippen LogP contribution in [0.3, 0.4) is 0 Å². The van der Waals surface area contributed by atoms with Gasteiger partial charge in [-0.1, -0.05) is 12.1 Å². The first kappa shape index (κ1) is 22.7. The molecule has 6 rings (SSSR count). The van der Waals surface area contributed by atoms with Crippen molar-refractivity contribution in [2.75, 3.05) is 26.8 Å². The second kappa shape index (κ2) is 8.43. The van der Waals surface area contributed by atoms with Crippen molar-refractivity contribution >= 4 is 5.97 Å². The quantitative estimate of drug-likeness (QED) is 0.520. The molecular weight excluding hydrogens is 459 g/mol. The number of nitrogens with zero attached hydrogens (tertiary/aromatic N) is 1. The van der Waals surface area contributed by atoms with Gasteiger partial charge in [0.25, 0.3) is 0 Å². The molecule has 186 valence electrons. The molecule has 1 saturated carbocycles. The second-order valence-corrected chi connectivity index (χ2v) is 10.2. The molecule has 0 radical (unpaired) electrons. The SMILES string of the molecule is COC(=O)C[C@@H]1COc2cc(O[C@@H]3CCc4c3ccc(C(F)(F)F)c4CN3CC4CC4C3)ccc21. The second-order valence-electron chi connectivity index (χ2n) is 10.2. The number of benzene rings is 2. The van der Waals surface area contributed by atoms with E-state index in [4.69, 9.17) is 14.2 Å². The number of piperidine rings is 1. The van der Waals surface area contributed by atoms with Crippen LogP contribution in [0.15, 0.2) is 30.3 Å². The number of carbonyl (C=O) groups excluding carboxylic acids is 1. The number of alkyl halides is 3. The number of rotatable bonds is 6. The van der Waals surface area contributed by atoms with Gasteiger partial charge in [-0.3, -0.25) is 9.69 Å². The molecule has 1 saturated heterocycles. The van der Waals surface area contributed by atoms with E-state index in [1.807, 2.05) is 18.2 Å². The number of halogens is 3. The highest BCUT2D eigenvalue weighted by Crippen LogP contribution is 2.48. The van der Waals surface area contributed by atoms with Gasteiger partial charge >= 0.3 is 12.1 Å². The summed E-state index contributed by atoms with van der Waals surface area (Å²) in [6.07, 6.45) is -1.99. The highest BCUT2D eigenvalue weighted by Gasteiger charge is 2.46. The van der Waals surface area contributed by atoms with Crippen LogP contribution in [0.25, 0.3) is 0 Å². The molecule has 2 aliphatic carbocycles. The summed E-state index contributed by atoms with van der Waals surface area (Å²) in [5.41, 5.74) is 2.49. The molecular formula is C27H28F3NO4. The largest absolute Gasteiger partial charge is 0.492 e. The third-order valence-electron chi connectivity index (χ3n) is 8.00. The lowest BCUT2D eigenvalue weighted by Gasteiger charge is -2.24. The Balaban J connectivity index is 1.23. The topological polar surface area (TPSA) is 48.0 Å². The minimum Gasteiger partial charge on any atom is -0.492 e. The van der Waals surface area contributed by atoms with Gasteiger partial charge in [0.05, 0.1) is 25.7 Å². The minimum absolute atomic E-state index is 0.0568. The van der Waals surface area contributed by atoms with Crippen molar-refractivity contribution < 1.29 is 32.2 Å². The molecule has 4 atom stereocenters. The Morgan fingerprint density at radius 2 is 1.91 bits per heavy atom. The van der Waals surface area contributed by atoms with Gasteiger partial charge in [-0.25, -0.2) is 0 Å². The molecule has 2 aliphatic heterocycles. The van der Waals surface area contributed by atoms with Crippen molar-refractivity contribution in [3.05, 3.63) is 58.1 Å². The number of hydrogen-bond donors (Lipinski definition) is 0. The average molecular weight is 488 g/mol. The zero-order valence-electron chi connectivity index (χ0n) is 19.6. The van der Waals surface area contributed by atoms with Crippen molar-refractivity contribution in [3.8, 4) is 11.5 Å². The lowest BCUT2D eigenvalue weighted by atomic mass is 9.96. The molecule has 0 amide bonds. The van der Waals surface area contributed by atoms with Crippen LogP contribution in [0, 0.1) is 11.8 Å². The molecule has 2 unspecified atom stereocenters. The zero-order chi connectivity index (χ0) is 24.3. The van der Waals surface area contributed by atoms with E-state index >= 15 is 0 Å². The summed E-state index contributed by atoms with van der Waals surface area (Å²) >= 11 is 0. The molecule has 0 N–H and O–H groups in total. The van der Waals surface area contributed by atoms with Gasteiger partial charge < -0.3 is 14.2 Å². The van der Waals surface area contributed by atoms with Crippen LogP contribution in [0.2, 0.25) is 0 Å². The molecule has 0 spiro atoms. The minimum atomic E-state index is -4.37. The Bertz CT molecular complexity index is 1150. The molecule has 8 heteroatoms. The number of methoxy groups -OCH3 is 1. The van der Waals surface area contributed by atoms with E-state index in [9.17, 15) is 18.0 Å². The fraction of sp³-hybridized carbons (Fsp3) is 0.519. The maximum absolute atomic E-state index is 13.9. The first-order chi connectivity index (χ1) is 16.8. The fourth-order valence-electron chi connectivity index (χ4n) is 6.10. The molecule has 2 heterocycles. The first-order valence-corrected chi connectivity index (χ1v) is 12.2. The molecule has 35 heavy (non-hydrogen) atoms. The Kier molecular flexibility index (Phi) is 5.47. The molecule has 5 nitrogen and oxygen atoms in total. The van der Waals surface area contributed by atoms with Crippen molar-refractivity contribution in [1.29, 1.82) is 0 Å². The molecule has 0 aromatic heterocycles. The highest BCUT2D eigenvalue weighted by molar-refractivity contribution is 5.71. The standard InChI is InChI=1S/C27H28F3NO4/c1-33-26(32)9-17-14-34-25-10-18(2-3-19(17)25)35-24-7-5-20-21(24)4-6-23(27(28,29)30)22(20)13-31-11-15-8-16(15)12-31/h2-4,6,10,15-17,24H,5,7-9,11-14H2,1H3/t15?,16?,17-,24-/m1/s1. The number of hydrogen-bond acceptors (Lipinski definition) is 5. The van der Waals surface area contributed by atoms with Crippen LogP contribution in [-0.2, 0) is 28.7 Å². The summed E-state index contributed by atoms with van der Waals surface area (Å²) in [5, 5.41) is 0. The monoisotopic (exact) mass is 487 g/mol. The predicted octanol–water partition coefficient (Wildman–Crippen LogP) is 5.26. The first-order valence-electron chi connectivity index (χ1n) is 12.2. The lowest BCUT2D eigenvalue weighted by molar-refractivity contribution is -0.141. The predicted molar refractivity (Wildman–Crippen MR) is 121 cm³/mol. The summed E-state index contributed by atoms with van der Waals surface area (Å²) in [6.45, 7) is 2.56. The number of ether oxygens (including phenoxy) is 3. The third kappa shape index (κ3) is 4.26. The Morgan fingerprint density at radius 1 is 1.14 bits per heavy atom. The van der Waals surface area contributed by atoms with Gasteiger partial charge in [0, 0.05) is 37.2 Å². The van der Waals surface area contributed by atoms with Gasteiger partial charge in [-0.05, 0) is 59.9 Å². The molecule has 2 fully saturated rings. The maximum atomic E-state index is 13.9. The van der Waals surface area contributed by atoms with Gasteiger partial charge in [0.15, 0.2) is 0 Å². The van der Waals surface area contributed by atoms with Crippen molar-refractivity contribution in [2.45, 2.75) is 50.4 Å². The number of esters is 1. The van der Waals surface area contributed by atoms with Gasteiger partial charge in [-0.2, -0.15) is 13.2 Å². The summed E-state index contributed by atoms with van der Waals surface area (Å²) in [4.78, 5) is 13.8. The number of fused-ring (bicyclic) bond motifs is 3. The normalized spacial score (nSPS) is 26.6. The maximum Gasteiger partial charge on any atom is 0.416 e. The Hall–Kier alpha value is -2.74. The molecule has 2 aromatic carbocycles.